The van der Waals surface area contributed by atoms with E-state index in [0.717, 1.165) is 19.1 Å². The third-order valence-electron chi connectivity index (χ3n) is 3.02. The van der Waals surface area contributed by atoms with Crippen molar-refractivity contribution in [1.82, 2.24) is 5.32 Å². The fraction of sp³-hybridized carbons (Fsp3) is 1.00. The average molecular weight is 215 g/mol. The second-order valence-electron chi connectivity index (χ2n) is 4.50. The van der Waals surface area contributed by atoms with Crippen molar-refractivity contribution in [3.63, 3.8) is 0 Å². The second-order valence-corrected chi connectivity index (χ2v) is 4.50. The van der Waals surface area contributed by atoms with Crippen LogP contribution < -0.4 is 5.32 Å². The fourth-order valence-electron chi connectivity index (χ4n) is 2.09. The zero-order chi connectivity index (χ0) is 10.9. The molecule has 0 aromatic rings. The molecule has 0 saturated heterocycles. The Morgan fingerprint density at radius 1 is 1.33 bits per heavy atom. The Labute approximate surface area is 93.2 Å². The van der Waals surface area contributed by atoms with E-state index < -0.39 is 0 Å². The van der Waals surface area contributed by atoms with Gasteiger partial charge in [-0.2, -0.15) is 0 Å². The van der Waals surface area contributed by atoms with E-state index in [1.54, 1.807) is 0 Å². The monoisotopic (exact) mass is 215 g/mol. The lowest BCUT2D eigenvalue weighted by atomic mass is 9.90. The largest absolute Gasteiger partial charge is 0.389 e. The number of ether oxygens (including phenoxy) is 1. The maximum absolute atomic E-state index is 9.52. The highest BCUT2D eigenvalue weighted by Crippen LogP contribution is 2.23. The van der Waals surface area contributed by atoms with E-state index in [4.69, 9.17) is 4.74 Å². The highest BCUT2D eigenvalue weighted by molar-refractivity contribution is 4.65. The lowest BCUT2D eigenvalue weighted by Crippen LogP contribution is -2.31. The Bertz CT molecular complexity index is 147. The van der Waals surface area contributed by atoms with Crippen LogP contribution in [-0.2, 0) is 4.74 Å². The molecule has 90 valence electrons. The van der Waals surface area contributed by atoms with E-state index in [2.05, 4.69) is 5.32 Å². The minimum atomic E-state index is -0.353. The van der Waals surface area contributed by atoms with Gasteiger partial charge in [-0.1, -0.05) is 26.2 Å². The molecule has 0 spiro atoms. The SMILES string of the molecule is CCNCC(O)COCC1CCCCC1. The van der Waals surface area contributed by atoms with Crippen molar-refractivity contribution in [2.75, 3.05) is 26.3 Å². The van der Waals surface area contributed by atoms with Gasteiger partial charge in [0.2, 0.25) is 0 Å². The third kappa shape index (κ3) is 6.13. The van der Waals surface area contributed by atoms with Crippen molar-refractivity contribution in [1.29, 1.82) is 0 Å². The van der Waals surface area contributed by atoms with Crippen molar-refractivity contribution in [2.45, 2.75) is 45.1 Å². The summed E-state index contributed by atoms with van der Waals surface area (Å²) in [4.78, 5) is 0. The summed E-state index contributed by atoms with van der Waals surface area (Å²) in [5.74, 6) is 0.741. The van der Waals surface area contributed by atoms with Gasteiger partial charge in [-0.25, -0.2) is 0 Å². The first-order valence-corrected chi connectivity index (χ1v) is 6.29. The molecule has 1 unspecified atom stereocenters. The number of aliphatic hydroxyl groups is 1. The lowest BCUT2D eigenvalue weighted by molar-refractivity contribution is 0.0161. The van der Waals surface area contributed by atoms with Gasteiger partial charge in [0, 0.05) is 13.2 Å². The predicted octanol–water partition coefficient (Wildman–Crippen LogP) is 1.55. The molecule has 3 heteroatoms. The summed E-state index contributed by atoms with van der Waals surface area (Å²) >= 11 is 0. The first-order chi connectivity index (χ1) is 7.33. The maximum Gasteiger partial charge on any atom is 0.0897 e. The van der Waals surface area contributed by atoms with Crippen molar-refractivity contribution >= 4 is 0 Å². The van der Waals surface area contributed by atoms with Crippen LogP contribution in [0.2, 0.25) is 0 Å². The van der Waals surface area contributed by atoms with E-state index in [1.807, 2.05) is 6.92 Å². The van der Waals surface area contributed by atoms with Crippen molar-refractivity contribution in [2.24, 2.45) is 5.92 Å². The Morgan fingerprint density at radius 3 is 2.73 bits per heavy atom. The summed E-state index contributed by atoms with van der Waals surface area (Å²) in [5, 5.41) is 12.6. The normalized spacial score (nSPS) is 20.4. The zero-order valence-corrected chi connectivity index (χ0v) is 9.87. The Balaban J connectivity index is 1.94. The van der Waals surface area contributed by atoms with Gasteiger partial charge in [0.1, 0.15) is 0 Å². The number of hydrogen-bond acceptors (Lipinski definition) is 3. The van der Waals surface area contributed by atoms with Crippen LogP contribution in [0.4, 0.5) is 0 Å². The quantitative estimate of drug-likeness (QED) is 0.677. The van der Waals surface area contributed by atoms with Gasteiger partial charge in [-0.3, -0.25) is 0 Å². The van der Waals surface area contributed by atoms with Crippen molar-refractivity contribution < 1.29 is 9.84 Å². The van der Waals surface area contributed by atoms with Crippen LogP contribution in [0.25, 0.3) is 0 Å². The van der Waals surface area contributed by atoms with Crippen molar-refractivity contribution in [3.05, 3.63) is 0 Å². The molecule has 2 N–H and O–H groups in total. The second kappa shape index (κ2) is 8.08. The summed E-state index contributed by atoms with van der Waals surface area (Å²) in [5.41, 5.74) is 0. The Kier molecular flexibility index (Phi) is 6.98. The average Bonchev–Trinajstić information content (AvgIpc) is 2.28. The fourth-order valence-corrected chi connectivity index (χ4v) is 2.09. The van der Waals surface area contributed by atoms with Gasteiger partial charge < -0.3 is 15.2 Å². The predicted molar refractivity (Wildman–Crippen MR) is 61.9 cm³/mol. The Hall–Kier alpha value is -0.120. The summed E-state index contributed by atoms with van der Waals surface area (Å²) in [6.07, 6.45) is 6.36. The van der Waals surface area contributed by atoms with Crippen LogP contribution in [0.5, 0.6) is 0 Å². The summed E-state index contributed by atoms with van der Waals surface area (Å²) in [6, 6.07) is 0. The molecule has 0 heterocycles. The van der Waals surface area contributed by atoms with Gasteiger partial charge in [0.05, 0.1) is 12.7 Å². The van der Waals surface area contributed by atoms with Gasteiger partial charge in [-0.15, -0.1) is 0 Å². The highest BCUT2D eigenvalue weighted by atomic mass is 16.5. The van der Waals surface area contributed by atoms with Gasteiger partial charge in [-0.05, 0) is 25.3 Å². The van der Waals surface area contributed by atoms with Crippen LogP contribution >= 0.6 is 0 Å². The first-order valence-electron chi connectivity index (χ1n) is 6.29. The van der Waals surface area contributed by atoms with Crippen LogP contribution in [0, 0.1) is 5.92 Å². The minimum absolute atomic E-state index is 0.353. The molecule has 0 bridgehead atoms. The summed E-state index contributed by atoms with van der Waals surface area (Å²) < 4.78 is 5.54. The van der Waals surface area contributed by atoms with Gasteiger partial charge in [0.25, 0.3) is 0 Å². The molecular weight excluding hydrogens is 190 g/mol. The number of aliphatic hydroxyl groups excluding tert-OH is 1. The maximum atomic E-state index is 9.52. The Morgan fingerprint density at radius 2 is 2.07 bits per heavy atom. The third-order valence-corrected chi connectivity index (χ3v) is 3.02. The number of hydrogen-bond donors (Lipinski definition) is 2. The van der Waals surface area contributed by atoms with E-state index >= 15 is 0 Å². The van der Waals surface area contributed by atoms with E-state index in [1.165, 1.54) is 32.1 Å². The molecule has 0 aromatic carbocycles. The minimum Gasteiger partial charge on any atom is -0.389 e. The molecule has 1 aliphatic carbocycles. The van der Waals surface area contributed by atoms with Crippen molar-refractivity contribution in [3.8, 4) is 0 Å². The molecule has 15 heavy (non-hydrogen) atoms. The van der Waals surface area contributed by atoms with Crippen LogP contribution in [0.3, 0.4) is 0 Å². The first kappa shape index (κ1) is 12.9. The molecule has 0 radical (unpaired) electrons. The van der Waals surface area contributed by atoms with E-state index in [-0.39, 0.29) is 6.10 Å². The number of likely N-dealkylation sites (N-methyl/N-ethyl adjacent to an activating group) is 1. The molecule has 0 amide bonds. The molecule has 0 aromatic heterocycles. The van der Waals surface area contributed by atoms with Gasteiger partial charge in [0.15, 0.2) is 0 Å². The molecule has 3 nitrogen and oxygen atoms in total. The van der Waals surface area contributed by atoms with Crippen LogP contribution in [-0.4, -0.2) is 37.5 Å². The molecule has 1 atom stereocenters. The molecule has 1 aliphatic rings. The van der Waals surface area contributed by atoms with Gasteiger partial charge >= 0.3 is 0 Å². The molecule has 0 aliphatic heterocycles. The lowest BCUT2D eigenvalue weighted by Gasteiger charge is -2.22. The van der Waals surface area contributed by atoms with Crippen LogP contribution in [0.1, 0.15) is 39.0 Å². The number of nitrogens with one attached hydrogen (secondary N) is 1. The molecule has 1 rings (SSSR count). The molecular formula is C12H25NO2. The topological polar surface area (TPSA) is 41.5 Å². The standard InChI is InChI=1S/C12H25NO2/c1-2-13-8-12(14)10-15-9-11-6-4-3-5-7-11/h11-14H,2-10H2,1H3. The van der Waals surface area contributed by atoms with E-state index in [0.29, 0.717) is 13.2 Å². The molecule has 1 saturated carbocycles. The number of rotatable bonds is 7. The smallest absolute Gasteiger partial charge is 0.0897 e. The summed E-state index contributed by atoms with van der Waals surface area (Å²) in [6.45, 7) is 4.89. The summed E-state index contributed by atoms with van der Waals surface area (Å²) in [7, 11) is 0. The zero-order valence-electron chi connectivity index (χ0n) is 9.87. The van der Waals surface area contributed by atoms with Crippen LogP contribution in [0.15, 0.2) is 0 Å². The molecule has 1 fully saturated rings. The highest BCUT2D eigenvalue weighted by Gasteiger charge is 2.13. The van der Waals surface area contributed by atoms with E-state index in [9.17, 15) is 5.11 Å².